The number of aromatic nitrogens is 3. The van der Waals surface area contributed by atoms with Crippen molar-refractivity contribution < 1.29 is 9.53 Å². The van der Waals surface area contributed by atoms with Gasteiger partial charge in [-0.1, -0.05) is 18.9 Å². The number of carbonyl (C=O) groups excluding carboxylic acids is 1. The van der Waals surface area contributed by atoms with E-state index in [0.29, 0.717) is 17.3 Å². The third kappa shape index (κ3) is 3.72. The minimum Gasteiger partial charge on any atom is -0.456 e. The van der Waals surface area contributed by atoms with Gasteiger partial charge >= 0.3 is 0 Å². The minimum absolute atomic E-state index is 0.0620. The van der Waals surface area contributed by atoms with E-state index in [1.165, 1.54) is 0 Å². The van der Waals surface area contributed by atoms with Gasteiger partial charge in [-0.3, -0.25) is 9.78 Å². The maximum absolute atomic E-state index is 12.6. The van der Waals surface area contributed by atoms with Crippen LogP contribution in [0.1, 0.15) is 36.0 Å². The van der Waals surface area contributed by atoms with Crippen molar-refractivity contribution in [2.45, 2.75) is 37.8 Å². The van der Waals surface area contributed by atoms with E-state index >= 15 is 0 Å². The van der Waals surface area contributed by atoms with Crippen molar-refractivity contribution in [1.29, 1.82) is 0 Å². The Morgan fingerprint density at radius 3 is 2.97 bits per heavy atom. The number of benzene rings is 1. The average molecular weight is 419 g/mol. The van der Waals surface area contributed by atoms with Crippen LogP contribution in [-0.2, 0) is 0 Å². The van der Waals surface area contributed by atoms with Crippen LogP contribution < -0.4 is 26.0 Å². The molecule has 0 bridgehead atoms. The molecule has 2 atom stereocenters. The number of nitrogens with zero attached hydrogens (tertiary/aromatic N) is 4. The summed E-state index contributed by atoms with van der Waals surface area (Å²) in [6.45, 7) is 0.0794. The van der Waals surface area contributed by atoms with Crippen LogP contribution in [0.5, 0.6) is 5.88 Å². The summed E-state index contributed by atoms with van der Waals surface area (Å²) in [4.78, 5) is 28.2. The van der Waals surface area contributed by atoms with E-state index in [1.54, 1.807) is 6.20 Å². The van der Waals surface area contributed by atoms with E-state index < -0.39 is 0 Å². The first-order chi connectivity index (χ1) is 15.1. The normalized spacial score (nSPS) is 20.5. The van der Waals surface area contributed by atoms with Gasteiger partial charge in [-0.2, -0.15) is 9.97 Å². The van der Waals surface area contributed by atoms with Gasteiger partial charge in [-0.05, 0) is 37.1 Å². The first-order valence-electron chi connectivity index (χ1n) is 10.5. The molecule has 0 unspecified atom stereocenters. The molecule has 0 spiro atoms. The number of amides is 1. The molecule has 31 heavy (non-hydrogen) atoms. The summed E-state index contributed by atoms with van der Waals surface area (Å²) in [7, 11) is 1.95. The Morgan fingerprint density at radius 1 is 1.23 bits per heavy atom. The predicted molar refractivity (Wildman–Crippen MR) is 119 cm³/mol. The van der Waals surface area contributed by atoms with Crippen molar-refractivity contribution in [2.24, 2.45) is 5.73 Å². The van der Waals surface area contributed by atoms with Gasteiger partial charge in [0.15, 0.2) is 12.5 Å². The number of likely N-dealkylation sites (N-methyl/N-ethyl adjacent to an activating group) is 1. The Kier molecular flexibility index (Phi) is 5.03. The van der Waals surface area contributed by atoms with E-state index in [2.05, 4.69) is 20.6 Å². The quantitative estimate of drug-likeness (QED) is 0.590. The molecule has 1 aliphatic heterocycles. The van der Waals surface area contributed by atoms with Gasteiger partial charge in [0, 0.05) is 36.4 Å². The molecule has 2 aromatic heterocycles. The fourth-order valence-electron chi connectivity index (χ4n) is 4.30. The zero-order chi connectivity index (χ0) is 21.4. The lowest BCUT2D eigenvalue weighted by atomic mass is 9.90. The predicted octanol–water partition coefficient (Wildman–Crippen LogP) is 2.55. The second kappa shape index (κ2) is 7.99. The lowest BCUT2D eigenvalue weighted by Crippen LogP contribution is -2.48. The lowest BCUT2D eigenvalue weighted by Gasteiger charge is -2.36. The summed E-state index contributed by atoms with van der Waals surface area (Å²) >= 11 is 0. The molecule has 5 rings (SSSR count). The molecule has 3 aromatic rings. The fraction of sp³-hybridized carbons (Fsp3) is 0.364. The minimum atomic E-state index is -0.269. The van der Waals surface area contributed by atoms with Gasteiger partial charge in [0.05, 0.1) is 5.52 Å². The van der Waals surface area contributed by atoms with E-state index in [9.17, 15) is 4.79 Å². The third-order valence-corrected chi connectivity index (χ3v) is 5.99. The largest absolute Gasteiger partial charge is 0.456 e. The van der Waals surface area contributed by atoms with Crippen LogP contribution in [-0.4, -0.2) is 46.7 Å². The molecule has 0 radical (unpaired) electrons. The Balaban J connectivity index is 1.54. The Morgan fingerprint density at radius 2 is 2.10 bits per heavy atom. The number of anilines is 3. The number of hydrogen-bond acceptors (Lipinski definition) is 8. The highest BCUT2D eigenvalue weighted by molar-refractivity contribution is 6.02. The molecule has 2 aliphatic rings. The van der Waals surface area contributed by atoms with Crippen molar-refractivity contribution in [3.05, 3.63) is 42.1 Å². The van der Waals surface area contributed by atoms with Crippen LogP contribution in [0.25, 0.3) is 10.9 Å². The number of nitrogens with two attached hydrogens (primary N) is 1. The average Bonchev–Trinajstić information content (AvgIpc) is 2.79. The number of rotatable bonds is 4. The highest BCUT2D eigenvalue weighted by atomic mass is 16.5. The molecule has 1 aliphatic carbocycles. The van der Waals surface area contributed by atoms with Crippen LogP contribution in [0.15, 0.2) is 36.5 Å². The van der Waals surface area contributed by atoms with Crippen molar-refractivity contribution in [1.82, 2.24) is 20.3 Å². The smallest absolute Gasteiger partial charge is 0.263 e. The van der Waals surface area contributed by atoms with E-state index in [0.717, 1.165) is 42.3 Å². The van der Waals surface area contributed by atoms with Gasteiger partial charge in [0.2, 0.25) is 11.8 Å². The van der Waals surface area contributed by atoms with Gasteiger partial charge in [-0.15, -0.1) is 0 Å². The molecule has 1 amide bonds. The Hall–Kier alpha value is -3.46. The van der Waals surface area contributed by atoms with Crippen LogP contribution in [0.2, 0.25) is 0 Å². The number of nitrogens with one attached hydrogen (secondary N) is 2. The summed E-state index contributed by atoms with van der Waals surface area (Å²) in [5, 5.41) is 6.96. The summed E-state index contributed by atoms with van der Waals surface area (Å²) in [5.74, 6) is 0.891. The Labute approximate surface area is 180 Å². The molecule has 9 heteroatoms. The second-order valence-electron chi connectivity index (χ2n) is 8.01. The number of pyridine rings is 1. The highest BCUT2D eigenvalue weighted by Crippen LogP contribution is 2.32. The summed E-state index contributed by atoms with van der Waals surface area (Å²) < 4.78 is 5.66. The molecule has 1 saturated carbocycles. The maximum atomic E-state index is 12.6. The maximum Gasteiger partial charge on any atom is 0.263 e. The number of carbonyl (C=O) groups is 1. The fourth-order valence-corrected chi connectivity index (χ4v) is 4.30. The standard InChI is InChI=1S/C22H25N7O2/c1-29(17-7-3-2-6-15(17)23)22-27-19(18-20(30)25-12-31-21(18)28-22)26-14-8-9-16-13(11-14)5-4-10-24-16/h4-5,8-11,15,17H,2-3,6-7,12,23H2,1H3,(H,25,30)(H,26,27,28)/t15-,17+/m0/s1. The van der Waals surface area contributed by atoms with Crippen LogP contribution in [0.3, 0.4) is 0 Å². The summed E-state index contributed by atoms with van der Waals surface area (Å²) in [6, 6.07) is 9.89. The molecule has 9 nitrogen and oxygen atoms in total. The van der Waals surface area contributed by atoms with E-state index in [4.69, 9.17) is 15.5 Å². The molecular formula is C22H25N7O2. The molecule has 3 heterocycles. The van der Waals surface area contributed by atoms with Gasteiger partial charge in [0.25, 0.3) is 5.91 Å². The number of ether oxygens (including phenoxy) is 1. The van der Waals surface area contributed by atoms with E-state index in [1.807, 2.05) is 42.3 Å². The summed E-state index contributed by atoms with van der Waals surface area (Å²) in [5.41, 5.74) is 8.36. The van der Waals surface area contributed by atoms with Crippen molar-refractivity contribution in [2.75, 3.05) is 24.0 Å². The van der Waals surface area contributed by atoms with E-state index in [-0.39, 0.29) is 30.6 Å². The second-order valence-corrected chi connectivity index (χ2v) is 8.01. The topological polar surface area (TPSA) is 118 Å². The lowest BCUT2D eigenvalue weighted by molar-refractivity contribution is 0.0878. The van der Waals surface area contributed by atoms with Crippen molar-refractivity contribution in [3.8, 4) is 5.88 Å². The first-order valence-corrected chi connectivity index (χ1v) is 10.5. The number of fused-ring (bicyclic) bond motifs is 2. The molecule has 4 N–H and O–H groups in total. The molecular weight excluding hydrogens is 394 g/mol. The zero-order valence-corrected chi connectivity index (χ0v) is 17.3. The van der Waals surface area contributed by atoms with Crippen LogP contribution in [0, 0.1) is 0 Å². The van der Waals surface area contributed by atoms with Crippen molar-refractivity contribution >= 4 is 34.3 Å². The SMILES string of the molecule is CN(c1nc(Nc2ccc3ncccc3c2)c2c(n1)OCNC2=O)[C@@H]1CCCC[C@@H]1N. The Bertz CT molecular complexity index is 1140. The van der Waals surface area contributed by atoms with Gasteiger partial charge in [-0.25, -0.2) is 0 Å². The van der Waals surface area contributed by atoms with Gasteiger partial charge < -0.3 is 26.0 Å². The highest BCUT2D eigenvalue weighted by Gasteiger charge is 2.31. The third-order valence-electron chi connectivity index (χ3n) is 5.99. The first kappa shape index (κ1) is 19.5. The molecule has 1 aromatic carbocycles. The number of hydrogen-bond donors (Lipinski definition) is 3. The molecule has 1 fully saturated rings. The van der Waals surface area contributed by atoms with Gasteiger partial charge in [0.1, 0.15) is 5.56 Å². The monoisotopic (exact) mass is 419 g/mol. The van der Waals surface area contributed by atoms with Crippen LogP contribution in [0.4, 0.5) is 17.5 Å². The summed E-state index contributed by atoms with van der Waals surface area (Å²) in [6.07, 6.45) is 6.00. The molecule has 0 saturated heterocycles. The molecule has 160 valence electrons. The zero-order valence-electron chi connectivity index (χ0n) is 17.3. The van der Waals surface area contributed by atoms with Crippen LogP contribution >= 0.6 is 0 Å². The van der Waals surface area contributed by atoms with Crippen molar-refractivity contribution in [3.63, 3.8) is 0 Å².